The molecule has 0 radical (unpaired) electrons. The van der Waals surface area contributed by atoms with Gasteiger partial charge in [0.2, 0.25) is 5.91 Å². The summed E-state index contributed by atoms with van der Waals surface area (Å²) in [5, 5.41) is 15.8. The Morgan fingerprint density at radius 2 is 1.71 bits per heavy atom. The molecule has 0 unspecified atom stereocenters. The van der Waals surface area contributed by atoms with E-state index < -0.39 is 0 Å². The largest absolute Gasteiger partial charge is 0.349 e. The molecule has 180 valence electrons. The van der Waals surface area contributed by atoms with Gasteiger partial charge in [0.1, 0.15) is 0 Å². The normalized spacial score (nSPS) is 12.9. The minimum Gasteiger partial charge on any atom is -0.349 e. The lowest BCUT2D eigenvalue weighted by atomic mass is 10.0. The van der Waals surface area contributed by atoms with Gasteiger partial charge < -0.3 is 15.2 Å². The monoisotopic (exact) mass is 519 g/mol. The first kappa shape index (κ1) is 26.1. The molecule has 0 saturated carbocycles. The fraction of sp³-hybridized carbons (Fsp3) is 0.333. The summed E-state index contributed by atoms with van der Waals surface area (Å²) in [5.74, 6) is 0.458. The number of hydrogen-bond acceptors (Lipinski definition) is 5. The van der Waals surface area contributed by atoms with Crippen molar-refractivity contribution in [1.82, 2.24) is 25.4 Å². The lowest BCUT2D eigenvalue weighted by Gasteiger charge is -2.22. The Balaban J connectivity index is 1.65. The molecule has 0 saturated heterocycles. The van der Waals surface area contributed by atoms with Crippen molar-refractivity contribution >= 4 is 46.8 Å². The first-order valence-corrected chi connectivity index (χ1v) is 12.5. The van der Waals surface area contributed by atoms with Crippen molar-refractivity contribution in [3.63, 3.8) is 0 Å². The fourth-order valence-corrected chi connectivity index (χ4v) is 4.38. The van der Waals surface area contributed by atoms with E-state index in [1.165, 1.54) is 17.8 Å². The Kier molecular flexibility index (Phi) is 8.99. The molecule has 0 aliphatic heterocycles. The highest BCUT2D eigenvalue weighted by molar-refractivity contribution is 7.99. The highest BCUT2D eigenvalue weighted by atomic mass is 35.5. The van der Waals surface area contributed by atoms with Gasteiger partial charge in [-0.3, -0.25) is 9.59 Å². The smallest absolute Gasteiger partial charge is 0.251 e. The van der Waals surface area contributed by atoms with Gasteiger partial charge in [-0.15, -0.1) is 10.2 Å². The van der Waals surface area contributed by atoms with Crippen LogP contribution in [0.4, 0.5) is 0 Å². The van der Waals surface area contributed by atoms with Crippen LogP contribution in [0.5, 0.6) is 0 Å². The molecule has 10 heteroatoms. The van der Waals surface area contributed by atoms with Crippen LogP contribution >= 0.6 is 35.0 Å². The molecule has 3 rings (SSSR count). The zero-order valence-corrected chi connectivity index (χ0v) is 21.7. The first-order valence-electron chi connectivity index (χ1n) is 10.8. The summed E-state index contributed by atoms with van der Waals surface area (Å²) < 4.78 is 1.80. The van der Waals surface area contributed by atoms with Crippen LogP contribution in [0, 0.1) is 5.92 Å². The standard InChI is InChI=1S/C24H27Cl2N5O2S/c1-14(2)21(28-23(33)17-10-11-18(25)19(26)12-17)22-29-30-24(31(22)4)34-13-20(32)27-15(3)16-8-6-5-7-9-16/h5-12,14-15,21H,13H2,1-4H3,(H,27,32)(H,28,33)/t15-,21+/m1/s1. The number of benzene rings is 2. The number of thioether (sulfide) groups is 1. The van der Waals surface area contributed by atoms with Crippen LogP contribution in [-0.2, 0) is 11.8 Å². The van der Waals surface area contributed by atoms with Crippen LogP contribution in [0.1, 0.15) is 54.6 Å². The molecule has 0 bridgehead atoms. The maximum atomic E-state index is 12.8. The van der Waals surface area contributed by atoms with Crippen molar-refractivity contribution in [2.75, 3.05) is 5.75 Å². The summed E-state index contributed by atoms with van der Waals surface area (Å²) in [6, 6.07) is 14.0. The molecule has 2 atom stereocenters. The molecular weight excluding hydrogens is 493 g/mol. The van der Waals surface area contributed by atoms with E-state index in [2.05, 4.69) is 20.8 Å². The highest BCUT2D eigenvalue weighted by Crippen LogP contribution is 2.26. The summed E-state index contributed by atoms with van der Waals surface area (Å²) in [6.45, 7) is 5.92. The number of carbonyl (C=O) groups is 2. The maximum Gasteiger partial charge on any atom is 0.251 e. The second kappa shape index (κ2) is 11.7. The molecule has 3 aromatic rings. The van der Waals surface area contributed by atoms with E-state index in [4.69, 9.17) is 23.2 Å². The topological polar surface area (TPSA) is 88.9 Å². The van der Waals surface area contributed by atoms with Gasteiger partial charge in [-0.25, -0.2) is 0 Å². The second-order valence-electron chi connectivity index (χ2n) is 8.21. The third-order valence-electron chi connectivity index (χ3n) is 5.29. The number of aromatic nitrogens is 3. The number of carbonyl (C=O) groups excluding carboxylic acids is 2. The second-order valence-corrected chi connectivity index (χ2v) is 9.97. The lowest BCUT2D eigenvalue weighted by molar-refractivity contribution is -0.119. The van der Waals surface area contributed by atoms with Gasteiger partial charge in [-0.1, -0.05) is 79.1 Å². The van der Waals surface area contributed by atoms with E-state index in [0.29, 0.717) is 26.6 Å². The zero-order chi connectivity index (χ0) is 24.8. The first-order chi connectivity index (χ1) is 16.2. The van der Waals surface area contributed by atoms with Gasteiger partial charge in [0.05, 0.1) is 27.9 Å². The predicted octanol–water partition coefficient (Wildman–Crippen LogP) is 5.22. The Bertz CT molecular complexity index is 1150. The Morgan fingerprint density at radius 3 is 2.35 bits per heavy atom. The van der Waals surface area contributed by atoms with Crippen molar-refractivity contribution in [1.29, 1.82) is 0 Å². The summed E-state index contributed by atoms with van der Waals surface area (Å²) in [7, 11) is 1.82. The van der Waals surface area contributed by atoms with E-state index in [-0.39, 0.29) is 35.6 Å². The van der Waals surface area contributed by atoms with E-state index in [9.17, 15) is 9.59 Å². The molecular formula is C24H27Cl2N5O2S. The van der Waals surface area contributed by atoms with Crippen LogP contribution in [0.15, 0.2) is 53.7 Å². The third kappa shape index (κ3) is 6.52. The van der Waals surface area contributed by atoms with Crippen molar-refractivity contribution in [3.05, 3.63) is 75.5 Å². The fourth-order valence-electron chi connectivity index (χ4n) is 3.35. The number of hydrogen-bond donors (Lipinski definition) is 2. The van der Waals surface area contributed by atoms with Crippen LogP contribution in [0.3, 0.4) is 0 Å². The summed E-state index contributed by atoms with van der Waals surface area (Å²) in [6.07, 6.45) is 0. The minimum absolute atomic E-state index is 0.0440. The van der Waals surface area contributed by atoms with Crippen LogP contribution in [0.2, 0.25) is 10.0 Å². The molecule has 2 aromatic carbocycles. The Labute approximate surface area is 213 Å². The van der Waals surface area contributed by atoms with E-state index in [0.717, 1.165) is 5.56 Å². The molecule has 0 aliphatic rings. The van der Waals surface area contributed by atoms with Crippen LogP contribution < -0.4 is 10.6 Å². The third-order valence-corrected chi connectivity index (χ3v) is 7.05. The quantitative estimate of drug-likeness (QED) is 0.378. The predicted molar refractivity (Wildman–Crippen MR) is 136 cm³/mol. The number of nitrogens with zero attached hydrogens (tertiary/aromatic N) is 3. The van der Waals surface area contributed by atoms with E-state index in [1.807, 2.05) is 58.2 Å². The maximum absolute atomic E-state index is 12.8. The zero-order valence-electron chi connectivity index (χ0n) is 19.4. The van der Waals surface area contributed by atoms with Gasteiger partial charge in [0.25, 0.3) is 5.91 Å². The highest BCUT2D eigenvalue weighted by Gasteiger charge is 2.25. The van der Waals surface area contributed by atoms with E-state index >= 15 is 0 Å². The van der Waals surface area contributed by atoms with Crippen LogP contribution in [0.25, 0.3) is 0 Å². The van der Waals surface area contributed by atoms with Gasteiger partial charge >= 0.3 is 0 Å². The Hall–Kier alpha value is -2.55. The Morgan fingerprint density at radius 1 is 1.00 bits per heavy atom. The average molecular weight is 520 g/mol. The van der Waals surface area contributed by atoms with Gasteiger partial charge in [0.15, 0.2) is 11.0 Å². The van der Waals surface area contributed by atoms with E-state index in [1.54, 1.807) is 16.7 Å². The molecule has 0 spiro atoms. The van der Waals surface area contributed by atoms with Crippen molar-refractivity contribution < 1.29 is 9.59 Å². The minimum atomic E-state index is -0.388. The SMILES string of the molecule is CC(C)[C@H](NC(=O)c1ccc(Cl)c(Cl)c1)c1nnc(SCC(=O)N[C@H](C)c2ccccc2)n1C. The van der Waals surface area contributed by atoms with Gasteiger partial charge in [0, 0.05) is 12.6 Å². The average Bonchev–Trinajstić information content (AvgIpc) is 3.17. The van der Waals surface area contributed by atoms with Crippen LogP contribution in [-0.4, -0.2) is 32.3 Å². The summed E-state index contributed by atoms with van der Waals surface area (Å²) in [4.78, 5) is 25.3. The molecule has 2 amide bonds. The number of amides is 2. The summed E-state index contributed by atoms with van der Waals surface area (Å²) in [5.41, 5.74) is 1.44. The number of rotatable bonds is 9. The van der Waals surface area contributed by atoms with Crippen molar-refractivity contribution in [2.24, 2.45) is 13.0 Å². The molecule has 7 nitrogen and oxygen atoms in total. The number of nitrogens with one attached hydrogen (secondary N) is 2. The molecule has 0 aliphatic carbocycles. The molecule has 1 aromatic heterocycles. The van der Waals surface area contributed by atoms with Crippen molar-refractivity contribution in [2.45, 2.75) is 38.0 Å². The van der Waals surface area contributed by atoms with Gasteiger partial charge in [-0.05, 0) is 36.6 Å². The van der Waals surface area contributed by atoms with Crippen molar-refractivity contribution in [3.8, 4) is 0 Å². The number of halogens is 2. The molecule has 1 heterocycles. The van der Waals surface area contributed by atoms with Gasteiger partial charge in [-0.2, -0.15) is 0 Å². The molecule has 34 heavy (non-hydrogen) atoms. The summed E-state index contributed by atoms with van der Waals surface area (Å²) >= 11 is 13.3. The molecule has 2 N–H and O–H groups in total. The lowest BCUT2D eigenvalue weighted by Crippen LogP contribution is -2.33. The molecule has 0 fully saturated rings.